The van der Waals surface area contributed by atoms with E-state index < -0.39 is 9.84 Å². The highest BCUT2D eigenvalue weighted by Gasteiger charge is 2.28. The van der Waals surface area contributed by atoms with Crippen molar-refractivity contribution in [2.75, 3.05) is 13.2 Å². The van der Waals surface area contributed by atoms with Crippen LogP contribution in [0.1, 0.15) is 40.1 Å². The number of hydrogen-bond donors (Lipinski definition) is 0. The molecule has 6 nitrogen and oxygen atoms in total. The molecule has 2 aromatic carbocycles. The summed E-state index contributed by atoms with van der Waals surface area (Å²) in [5.41, 5.74) is 3.09. The molecule has 1 amide bonds. The monoisotopic (exact) mass is 453 g/mol. The fourth-order valence-corrected chi connectivity index (χ4v) is 4.91. The van der Waals surface area contributed by atoms with Crippen LogP contribution < -0.4 is 0 Å². The van der Waals surface area contributed by atoms with E-state index >= 15 is 0 Å². The molecule has 0 saturated carbocycles. The molecule has 1 aliphatic heterocycles. The van der Waals surface area contributed by atoms with Crippen molar-refractivity contribution in [3.63, 3.8) is 0 Å². The van der Waals surface area contributed by atoms with E-state index in [4.69, 9.17) is 9.15 Å². The van der Waals surface area contributed by atoms with Gasteiger partial charge < -0.3 is 14.1 Å². The van der Waals surface area contributed by atoms with Crippen molar-refractivity contribution in [3.05, 3.63) is 83.1 Å². The third-order valence-corrected chi connectivity index (χ3v) is 7.26. The average molecular weight is 454 g/mol. The number of carbonyl (C=O) groups excluding carboxylic acids is 1. The molecule has 7 heteroatoms. The molecule has 1 fully saturated rings. The number of nitrogens with zero attached hydrogens (tertiary/aromatic N) is 1. The SMILES string of the molecule is Cc1ccc(CN(CC2CCCO2)C(=O)c2ccc(S(=O)(=O)c3ccc(C)cc3)o2)cc1. The summed E-state index contributed by atoms with van der Waals surface area (Å²) < 4.78 is 37.1. The lowest BCUT2D eigenvalue weighted by atomic mass is 10.1. The Hall–Kier alpha value is -2.90. The molecule has 1 atom stereocenters. The van der Waals surface area contributed by atoms with Gasteiger partial charge >= 0.3 is 0 Å². The van der Waals surface area contributed by atoms with E-state index in [1.54, 1.807) is 17.0 Å². The van der Waals surface area contributed by atoms with Crippen LogP contribution in [0.4, 0.5) is 0 Å². The van der Waals surface area contributed by atoms with Gasteiger partial charge in [-0.2, -0.15) is 0 Å². The maximum atomic E-state index is 13.3. The van der Waals surface area contributed by atoms with E-state index in [0.717, 1.165) is 29.5 Å². The maximum Gasteiger partial charge on any atom is 0.290 e. The molecule has 1 aromatic heterocycles. The van der Waals surface area contributed by atoms with Gasteiger partial charge in [-0.05, 0) is 56.5 Å². The van der Waals surface area contributed by atoms with Gasteiger partial charge in [-0.25, -0.2) is 8.42 Å². The number of hydrogen-bond acceptors (Lipinski definition) is 5. The molecule has 1 saturated heterocycles. The second-order valence-corrected chi connectivity index (χ2v) is 10.1. The first-order valence-corrected chi connectivity index (χ1v) is 12.2. The molecule has 0 spiro atoms. The Morgan fingerprint density at radius 1 is 0.969 bits per heavy atom. The van der Waals surface area contributed by atoms with Crippen LogP contribution in [-0.2, 0) is 21.1 Å². The minimum atomic E-state index is -3.84. The fraction of sp³-hybridized carbons (Fsp3) is 0.320. The molecule has 168 valence electrons. The summed E-state index contributed by atoms with van der Waals surface area (Å²) in [7, 11) is -3.84. The van der Waals surface area contributed by atoms with E-state index in [9.17, 15) is 13.2 Å². The predicted molar refractivity (Wildman–Crippen MR) is 120 cm³/mol. The lowest BCUT2D eigenvalue weighted by Crippen LogP contribution is -2.36. The minimum Gasteiger partial charge on any atom is -0.439 e. The fourth-order valence-electron chi connectivity index (χ4n) is 3.74. The van der Waals surface area contributed by atoms with Crippen LogP contribution in [0.3, 0.4) is 0 Å². The van der Waals surface area contributed by atoms with Crippen molar-refractivity contribution < 1.29 is 22.4 Å². The molecule has 4 rings (SSSR count). The summed E-state index contributed by atoms with van der Waals surface area (Å²) in [4.78, 5) is 15.1. The van der Waals surface area contributed by atoms with Crippen molar-refractivity contribution in [1.82, 2.24) is 4.90 Å². The number of rotatable bonds is 7. The number of carbonyl (C=O) groups is 1. The first-order valence-electron chi connectivity index (χ1n) is 10.7. The zero-order valence-electron chi connectivity index (χ0n) is 18.3. The summed E-state index contributed by atoms with van der Waals surface area (Å²) in [6.07, 6.45) is 1.83. The third kappa shape index (κ3) is 4.95. The Morgan fingerprint density at radius 3 is 2.25 bits per heavy atom. The van der Waals surface area contributed by atoms with Crippen LogP contribution >= 0.6 is 0 Å². The van der Waals surface area contributed by atoms with Gasteiger partial charge in [-0.1, -0.05) is 47.5 Å². The Morgan fingerprint density at radius 2 is 1.62 bits per heavy atom. The summed E-state index contributed by atoms with van der Waals surface area (Å²) >= 11 is 0. The highest BCUT2D eigenvalue weighted by atomic mass is 32.2. The van der Waals surface area contributed by atoms with Crippen LogP contribution in [0, 0.1) is 13.8 Å². The summed E-state index contributed by atoms with van der Waals surface area (Å²) in [5, 5.41) is -0.239. The van der Waals surface area contributed by atoms with Crippen molar-refractivity contribution in [1.29, 1.82) is 0 Å². The molecular formula is C25H27NO5S. The Balaban J connectivity index is 1.58. The quantitative estimate of drug-likeness (QED) is 0.525. The zero-order valence-corrected chi connectivity index (χ0v) is 19.1. The van der Waals surface area contributed by atoms with Gasteiger partial charge in [0.2, 0.25) is 14.9 Å². The summed E-state index contributed by atoms with van der Waals surface area (Å²) in [6, 6.07) is 17.3. The standard InChI is InChI=1S/C25H27NO5S/c1-18-5-9-20(10-6-18)16-26(17-21-4-3-15-30-21)25(27)23-13-14-24(31-23)32(28,29)22-11-7-19(2)8-12-22/h5-14,21H,3-4,15-17H2,1-2H3. The molecule has 1 aliphatic rings. The number of furan rings is 1. The molecule has 3 aromatic rings. The molecule has 32 heavy (non-hydrogen) atoms. The largest absolute Gasteiger partial charge is 0.439 e. The zero-order chi connectivity index (χ0) is 22.7. The number of sulfone groups is 1. The molecular weight excluding hydrogens is 426 g/mol. The third-order valence-electron chi connectivity index (χ3n) is 5.62. The number of amides is 1. The number of aryl methyl sites for hydroxylation is 2. The lowest BCUT2D eigenvalue weighted by Gasteiger charge is -2.25. The lowest BCUT2D eigenvalue weighted by molar-refractivity contribution is 0.0480. The molecule has 0 aliphatic carbocycles. The van der Waals surface area contributed by atoms with Crippen molar-refractivity contribution in [2.45, 2.75) is 49.3 Å². The van der Waals surface area contributed by atoms with Gasteiger partial charge in [0.05, 0.1) is 11.0 Å². The normalized spacial score (nSPS) is 16.2. The van der Waals surface area contributed by atoms with E-state index in [0.29, 0.717) is 19.7 Å². The van der Waals surface area contributed by atoms with Gasteiger partial charge in [0.1, 0.15) is 0 Å². The van der Waals surface area contributed by atoms with Crippen molar-refractivity contribution >= 4 is 15.7 Å². The topological polar surface area (TPSA) is 76.8 Å². The Labute approximate surface area is 188 Å². The summed E-state index contributed by atoms with van der Waals surface area (Å²) in [6.45, 7) is 5.40. The second kappa shape index (κ2) is 9.30. The molecule has 0 N–H and O–H groups in total. The molecule has 1 unspecified atom stereocenters. The van der Waals surface area contributed by atoms with Crippen molar-refractivity contribution in [3.8, 4) is 0 Å². The van der Waals surface area contributed by atoms with Gasteiger partial charge in [0.25, 0.3) is 5.91 Å². The molecule has 2 heterocycles. The Bertz CT molecular complexity index is 1170. The molecule has 0 bridgehead atoms. The first-order chi connectivity index (χ1) is 15.3. The van der Waals surface area contributed by atoms with Crippen LogP contribution in [0.2, 0.25) is 0 Å². The van der Waals surface area contributed by atoms with Crippen LogP contribution in [0.15, 0.2) is 75.1 Å². The average Bonchev–Trinajstić information content (AvgIpc) is 3.47. The van der Waals surface area contributed by atoms with Crippen molar-refractivity contribution in [2.24, 2.45) is 0 Å². The highest BCUT2D eigenvalue weighted by molar-refractivity contribution is 7.91. The van der Waals surface area contributed by atoms with Crippen LogP contribution in [-0.4, -0.2) is 38.5 Å². The Kier molecular flexibility index (Phi) is 6.48. The van der Waals surface area contributed by atoms with Gasteiger partial charge in [-0.3, -0.25) is 4.79 Å². The smallest absolute Gasteiger partial charge is 0.290 e. The molecule has 0 radical (unpaired) electrons. The second-order valence-electron chi connectivity index (χ2n) is 8.24. The van der Waals surface area contributed by atoms with E-state index in [2.05, 4.69) is 0 Å². The van der Waals surface area contributed by atoms with Crippen LogP contribution in [0.5, 0.6) is 0 Å². The minimum absolute atomic E-state index is 0.000736. The van der Waals surface area contributed by atoms with Gasteiger partial charge in [0, 0.05) is 19.7 Å². The van der Waals surface area contributed by atoms with Gasteiger partial charge in [0.15, 0.2) is 5.76 Å². The first kappa shape index (κ1) is 22.3. The van der Waals surface area contributed by atoms with E-state index in [1.165, 1.54) is 24.3 Å². The highest BCUT2D eigenvalue weighted by Crippen LogP contribution is 2.25. The van der Waals surface area contributed by atoms with E-state index in [-0.39, 0.29) is 27.8 Å². The van der Waals surface area contributed by atoms with Gasteiger partial charge in [-0.15, -0.1) is 0 Å². The number of ether oxygens (including phenoxy) is 1. The summed E-state index contributed by atoms with van der Waals surface area (Å²) in [5.74, 6) is -0.354. The maximum absolute atomic E-state index is 13.3. The number of benzene rings is 2. The van der Waals surface area contributed by atoms with E-state index in [1.807, 2.05) is 38.1 Å². The van der Waals surface area contributed by atoms with Crippen LogP contribution in [0.25, 0.3) is 0 Å². The predicted octanol–water partition coefficient (Wildman–Crippen LogP) is 4.55.